The second kappa shape index (κ2) is 6.11. The van der Waals surface area contributed by atoms with Crippen molar-refractivity contribution in [2.75, 3.05) is 6.61 Å². The number of hydrogen-bond donors (Lipinski definition) is 1. The number of rotatable bonds is 5. The molecule has 0 bridgehead atoms. The van der Waals surface area contributed by atoms with E-state index in [0.717, 1.165) is 29.9 Å². The largest absolute Gasteiger partial charge is 0.361 e. The van der Waals surface area contributed by atoms with Gasteiger partial charge in [0, 0.05) is 14.7 Å². The third-order valence-electron chi connectivity index (χ3n) is 3.02. The third kappa shape index (κ3) is 3.71. The Morgan fingerprint density at radius 1 is 1.45 bits per heavy atom. The van der Waals surface area contributed by atoms with Crippen molar-refractivity contribution in [3.05, 3.63) is 18.1 Å². The van der Waals surface area contributed by atoms with Crippen LogP contribution >= 0.6 is 11.6 Å². The number of halogens is 1. The van der Waals surface area contributed by atoms with E-state index in [2.05, 4.69) is 34.9 Å². The molecule has 5 nitrogen and oxygen atoms in total. The van der Waals surface area contributed by atoms with Crippen molar-refractivity contribution in [1.82, 2.24) is 14.9 Å². The summed E-state index contributed by atoms with van der Waals surface area (Å²) in [6.07, 6.45) is 3.67. The minimum atomic E-state index is -1.05. The summed E-state index contributed by atoms with van der Waals surface area (Å²) in [5, 5.41) is 3.34. The van der Waals surface area contributed by atoms with Gasteiger partial charge >= 0.3 is 0 Å². The second-order valence-corrected chi connectivity index (χ2v) is 11.9. The van der Waals surface area contributed by atoms with Crippen molar-refractivity contribution < 1.29 is 4.74 Å². The van der Waals surface area contributed by atoms with Gasteiger partial charge in [-0.05, 0) is 24.6 Å². The lowest BCUT2D eigenvalue weighted by molar-refractivity contribution is 0.0882. The molecule has 0 aliphatic carbocycles. The molecular formula is C13H21ClN4OSi. The Hall–Kier alpha value is -1.11. The first-order chi connectivity index (χ1) is 9.40. The number of nitrogens with one attached hydrogen (secondary N) is 1. The Bertz CT molecular complexity index is 545. The van der Waals surface area contributed by atoms with E-state index in [4.69, 9.17) is 16.3 Å². The van der Waals surface area contributed by atoms with E-state index < -0.39 is 8.07 Å². The summed E-state index contributed by atoms with van der Waals surface area (Å²) < 4.78 is 7.61. The van der Waals surface area contributed by atoms with Gasteiger partial charge in [-0.25, -0.2) is 4.98 Å². The molecule has 0 fully saturated rings. The number of aliphatic imine (C=N–C) groups is 1. The van der Waals surface area contributed by atoms with Crippen LogP contribution in [0.4, 0.5) is 5.82 Å². The van der Waals surface area contributed by atoms with Crippen molar-refractivity contribution in [3.8, 4) is 0 Å². The number of imidazole rings is 1. The van der Waals surface area contributed by atoms with Gasteiger partial charge in [-0.3, -0.25) is 4.57 Å². The summed E-state index contributed by atoms with van der Waals surface area (Å²) in [5.74, 6) is 0.745. The maximum atomic E-state index is 5.99. The highest BCUT2D eigenvalue weighted by Gasteiger charge is 2.20. The summed E-state index contributed by atoms with van der Waals surface area (Å²) in [6.45, 7) is 10.2. The average molecular weight is 313 g/mol. The number of fused-ring (bicyclic) bond motifs is 1. The van der Waals surface area contributed by atoms with Crippen molar-refractivity contribution in [2.45, 2.75) is 39.3 Å². The molecule has 0 radical (unpaired) electrons. The monoisotopic (exact) mass is 312 g/mol. The highest BCUT2D eigenvalue weighted by Crippen LogP contribution is 2.28. The zero-order valence-electron chi connectivity index (χ0n) is 12.4. The highest BCUT2D eigenvalue weighted by molar-refractivity contribution is 6.76. The van der Waals surface area contributed by atoms with Gasteiger partial charge in [-0.1, -0.05) is 25.7 Å². The number of hydrogen-bond acceptors (Lipinski definition) is 4. The van der Waals surface area contributed by atoms with Gasteiger partial charge in [0.1, 0.15) is 12.4 Å². The minimum Gasteiger partial charge on any atom is -0.361 e. The maximum absolute atomic E-state index is 5.99. The number of ether oxygens (including phenoxy) is 1. The van der Waals surface area contributed by atoms with Gasteiger partial charge in [0.2, 0.25) is 5.29 Å². The lowest BCUT2D eigenvalue weighted by atomic mass is 10.3. The van der Waals surface area contributed by atoms with E-state index in [0.29, 0.717) is 12.0 Å². The molecule has 1 aliphatic rings. The zero-order chi connectivity index (χ0) is 14.8. The number of nitrogens with zero attached hydrogens (tertiary/aromatic N) is 3. The summed E-state index contributed by atoms with van der Waals surface area (Å²) in [4.78, 5) is 8.66. The van der Waals surface area contributed by atoms with Crippen LogP contribution in [-0.2, 0) is 11.5 Å². The fraction of sp³-hybridized carbons (Fsp3) is 0.538. The molecule has 2 heterocycles. The lowest BCUT2D eigenvalue weighted by Gasteiger charge is -2.17. The fourth-order valence-corrected chi connectivity index (χ4v) is 2.76. The topological polar surface area (TPSA) is 51.4 Å². The first-order valence-corrected chi connectivity index (χ1v) is 10.8. The Kier molecular flexibility index (Phi) is 4.67. The Labute approximate surface area is 125 Å². The third-order valence-corrected chi connectivity index (χ3v) is 4.91. The van der Waals surface area contributed by atoms with Crippen LogP contribution in [0.15, 0.2) is 17.4 Å². The van der Waals surface area contributed by atoms with Crippen molar-refractivity contribution in [3.63, 3.8) is 0 Å². The van der Waals surface area contributed by atoms with Crippen LogP contribution in [0.3, 0.4) is 0 Å². The van der Waals surface area contributed by atoms with Crippen LogP contribution in [0.5, 0.6) is 0 Å². The normalized spacial score (nSPS) is 16.9. The molecule has 0 saturated heterocycles. The molecule has 1 aromatic rings. The fourth-order valence-electron chi connectivity index (χ4n) is 1.82. The van der Waals surface area contributed by atoms with E-state index in [1.807, 2.05) is 17.6 Å². The molecule has 20 heavy (non-hydrogen) atoms. The molecule has 0 saturated carbocycles. The molecule has 0 atom stereocenters. The molecule has 0 spiro atoms. The molecule has 110 valence electrons. The van der Waals surface area contributed by atoms with Crippen LogP contribution in [0.25, 0.3) is 5.70 Å². The number of allylic oxidation sites excluding steroid dienone is 1. The number of amidine groups is 1. The van der Waals surface area contributed by atoms with Crippen LogP contribution in [-0.4, -0.2) is 29.5 Å². The Morgan fingerprint density at radius 2 is 2.20 bits per heavy atom. The van der Waals surface area contributed by atoms with E-state index in [9.17, 15) is 0 Å². The van der Waals surface area contributed by atoms with Gasteiger partial charge in [-0.15, -0.1) is 0 Å². The van der Waals surface area contributed by atoms with Gasteiger partial charge in [0.25, 0.3) is 0 Å². The van der Waals surface area contributed by atoms with Gasteiger partial charge < -0.3 is 10.1 Å². The molecule has 2 rings (SSSR count). The molecule has 1 aliphatic heterocycles. The molecule has 0 aromatic carbocycles. The minimum absolute atomic E-state index is 0.356. The van der Waals surface area contributed by atoms with Crippen molar-refractivity contribution in [1.29, 1.82) is 0 Å². The highest BCUT2D eigenvalue weighted by atomic mass is 35.5. The zero-order valence-corrected chi connectivity index (χ0v) is 14.2. The molecular weight excluding hydrogens is 292 g/mol. The first-order valence-electron chi connectivity index (χ1n) is 6.71. The average Bonchev–Trinajstić information content (AvgIpc) is 2.75. The Morgan fingerprint density at radius 3 is 2.85 bits per heavy atom. The van der Waals surface area contributed by atoms with Gasteiger partial charge in [-0.2, -0.15) is 4.99 Å². The molecule has 1 N–H and O–H groups in total. The predicted molar refractivity (Wildman–Crippen MR) is 86.1 cm³/mol. The number of aromatic nitrogens is 2. The van der Waals surface area contributed by atoms with Crippen molar-refractivity contribution >= 4 is 36.5 Å². The molecule has 0 unspecified atom stereocenters. The first kappa shape index (κ1) is 15.3. The maximum Gasteiger partial charge on any atom is 0.202 e. The van der Waals surface area contributed by atoms with Gasteiger partial charge in [0.05, 0.1) is 12.0 Å². The van der Waals surface area contributed by atoms with Crippen LogP contribution in [0, 0.1) is 0 Å². The molecule has 7 heteroatoms. The summed E-state index contributed by atoms with van der Waals surface area (Å²) in [7, 11) is -1.05. The smallest absolute Gasteiger partial charge is 0.202 e. The standard InChI is InChI=1S/C13H21ClN4OSi/c1-5-10-11-12(17-13(14)16-10)18(8-15-11)9-19-6-7-20(2,3)4/h5,8H,6-7,9H2,1-4H3,(H,16,17). The van der Waals surface area contributed by atoms with Crippen LogP contribution < -0.4 is 5.32 Å². The van der Waals surface area contributed by atoms with E-state index in [1.54, 1.807) is 6.33 Å². The van der Waals surface area contributed by atoms with Gasteiger partial charge in [0.15, 0.2) is 5.82 Å². The summed E-state index contributed by atoms with van der Waals surface area (Å²) >= 11 is 5.99. The molecule has 1 aromatic heterocycles. The quantitative estimate of drug-likeness (QED) is 0.515. The SMILES string of the molecule is CC=C1NC(Cl)=Nc2c1ncn2COCC[Si](C)(C)C. The Balaban J connectivity index is 2.03. The second-order valence-electron chi connectivity index (χ2n) is 5.96. The van der Waals surface area contributed by atoms with Crippen LogP contribution in [0.2, 0.25) is 25.7 Å². The van der Waals surface area contributed by atoms with E-state index in [1.165, 1.54) is 0 Å². The lowest BCUT2D eigenvalue weighted by Crippen LogP contribution is -2.22. The van der Waals surface area contributed by atoms with Crippen LogP contribution in [0.1, 0.15) is 12.6 Å². The summed E-state index contributed by atoms with van der Waals surface area (Å²) in [5.41, 5.74) is 1.69. The summed E-state index contributed by atoms with van der Waals surface area (Å²) in [6, 6.07) is 1.15. The molecule has 0 amide bonds. The van der Waals surface area contributed by atoms with Crippen molar-refractivity contribution in [2.24, 2.45) is 4.99 Å². The van der Waals surface area contributed by atoms with E-state index >= 15 is 0 Å². The van der Waals surface area contributed by atoms with E-state index in [-0.39, 0.29) is 0 Å². The predicted octanol–water partition coefficient (Wildman–Crippen LogP) is 3.39.